The number of thioether (sulfide) groups is 1. The van der Waals surface area contributed by atoms with Crippen molar-refractivity contribution >= 4 is 16.9 Å². The summed E-state index contributed by atoms with van der Waals surface area (Å²) in [5.74, 6) is 0.858. The molecule has 0 radical (unpaired) electrons. The normalized spacial score (nSPS) is 17.3. The lowest BCUT2D eigenvalue weighted by Crippen LogP contribution is -2.22. The molecule has 1 aliphatic rings. The van der Waals surface area contributed by atoms with Gasteiger partial charge >= 0.3 is 0 Å². The topological polar surface area (TPSA) is 24.4 Å². The highest BCUT2D eigenvalue weighted by molar-refractivity contribution is 8.14. The van der Waals surface area contributed by atoms with Gasteiger partial charge in [0.25, 0.3) is 0 Å². The van der Waals surface area contributed by atoms with Gasteiger partial charge in [0.1, 0.15) is 5.82 Å². The fourth-order valence-electron chi connectivity index (χ4n) is 1.44. The highest BCUT2D eigenvalue weighted by Gasteiger charge is 2.11. The maximum Gasteiger partial charge on any atom is 0.157 e. The quantitative estimate of drug-likeness (QED) is 0.835. The fourth-order valence-corrected chi connectivity index (χ4v) is 2.26. The first-order valence-electron chi connectivity index (χ1n) is 4.95. The summed E-state index contributed by atoms with van der Waals surface area (Å²) in [6, 6.07) is 6.74. The molecule has 2 rings (SSSR count). The van der Waals surface area contributed by atoms with Crippen molar-refractivity contribution in [3.05, 3.63) is 35.6 Å². The molecule has 0 aliphatic carbocycles. The Morgan fingerprint density at radius 2 is 2.13 bits per heavy atom. The number of amidine groups is 1. The SMILES string of the molecule is CC(NC1=NCCS1)c1ccc(F)cc1. The largest absolute Gasteiger partial charge is 0.358 e. The maximum absolute atomic E-state index is 12.7. The Balaban J connectivity index is 2.00. The van der Waals surface area contributed by atoms with Crippen LogP contribution in [0.3, 0.4) is 0 Å². The molecule has 1 atom stereocenters. The first-order valence-corrected chi connectivity index (χ1v) is 5.93. The second-order valence-corrected chi connectivity index (χ2v) is 4.54. The summed E-state index contributed by atoms with van der Waals surface area (Å²) in [6.45, 7) is 2.94. The van der Waals surface area contributed by atoms with Crippen LogP contribution in [0.25, 0.3) is 0 Å². The van der Waals surface area contributed by atoms with E-state index in [2.05, 4.69) is 17.2 Å². The molecule has 2 nitrogen and oxygen atoms in total. The van der Waals surface area contributed by atoms with Crippen molar-refractivity contribution < 1.29 is 4.39 Å². The molecular formula is C11H13FN2S. The van der Waals surface area contributed by atoms with Gasteiger partial charge in [-0.2, -0.15) is 0 Å². The molecule has 1 aromatic carbocycles. The van der Waals surface area contributed by atoms with E-state index in [0.29, 0.717) is 0 Å². The second kappa shape index (κ2) is 4.66. The third-order valence-electron chi connectivity index (χ3n) is 2.30. The number of nitrogens with one attached hydrogen (secondary N) is 1. The molecule has 15 heavy (non-hydrogen) atoms. The zero-order chi connectivity index (χ0) is 10.7. The predicted molar refractivity (Wildman–Crippen MR) is 62.7 cm³/mol. The van der Waals surface area contributed by atoms with Crippen molar-refractivity contribution in [3.63, 3.8) is 0 Å². The van der Waals surface area contributed by atoms with Crippen molar-refractivity contribution in [3.8, 4) is 0 Å². The summed E-state index contributed by atoms with van der Waals surface area (Å²) in [4.78, 5) is 4.31. The molecule has 0 spiro atoms. The highest BCUT2D eigenvalue weighted by atomic mass is 32.2. The van der Waals surface area contributed by atoms with Gasteiger partial charge in [-0.1, -0.05) is 23.9 Å². The Labute approximate surface area is 93.0 Å². The van der Waals surface area contributed by atoms with Crippen LogP contribution in [0.1, 0.15) is 18.5 Å². The Bertz CT molecular complexity index is 361. The predicted octanol–water partition coefficient (Wildman–Crippen LogP) is 2.58. The molecule has 0 saturated carbocycles. The van der Waals surface area contributed by atoms with Gasteiger partial charge in [-0.05, 0) is 24.6 Å². The average molecular weight is 224 g/mol. The molecular weight excluding hydrogens is 211 g/mol. The molecule has 1 heterocycles. The Hall–Kier alpha value is -1.03. The summed E-state index contributed by atoms with van der Waals surface area (Å²) >= 11 is 1.73. The van der Waals surface area contributed by atoms with Crippen LogP contribution in [0.5, 0.6) is 0 Å². The van der Waals surface area contributed by atoms with Gasteiger partial charge in [0, 0.05) is 5.75 Å². The van der Waals surface area contributed by atoms with E-state index in [1.807, 2.05) is 0 Å². The van der Waals surface area contributed by atoms with E-state index in [1.165, 1.54) is 12.1 Å². The number of rotatable bonds is 2. The molecule has 80 valence electrons. The number of hydrogen-bond donors (Lipinski definition) is 1. The smallest absolute Gasteiger partial charge is 0.157 e. The second-order valence-electron chi connectivity index (χ2n) is 3.45. The van der Waals surface area contributed by atoms with E-state index in [0.717, 1.165) is 23.0 Å². The van der Waals surface area contributed by atoms with Gasteiger partial charge in [-0.25, -0.2) is 4.39 Å². The monoisotopic (exact) mass is 224 g/mol. The standard InChI is InChI=1S/C11H13FN2S/c1-8(14-11-13-6-7-15-11)9-2-4-10(12)5-3-9/h2-5,8H,6-7H2,1H3,(H,13,14). The Kier molecular flexibility index (Phi) is 3.26. The average Bonchev–Trinajstić information content (AvgIpc) is 2.71. The van der Waals surface area contributed by atoms with Crippen molar-refractivity contribution in [1.29, 1.82) is 0 Å². The summed E-state index contributed by atoms with van der Waals surface area (Å²) in [5, 5.41) is 4.30. The number of aliphatic imine (C=N–C) groups is 1. The molecule has 0 fully saturated rings. The van der Waals surface area contributed by atoms with Crippen LogP contribution in [-0.4, -0.2) is 17.5 Å². The van der Waals surface area contributed by atoms with Crippen LogP contribution in [-0.2, 0) is 0 Å². The number of benzene rings is 1. The van der Waals surface area contributed by atoms with Crippen molar-refractivity contribution in [2.45, 2.75) is 13.0 Å². The third kappa shape index (κ3) is 2.72. The van der Waals surface area contributed by atoms with Crippen LogP contribution >= 0.6 is 11.8 Å². The molecule has 4 heteroatoms. The van der Waals surface area contributed by atoms with E-state index in [1.54, 1.807) is 23.9 Å². The van der Waals surface area contributed by atoms with Crippen LogP contribution in [0.2, 0.25) is 0 Å². The molecule has 0 saturated heterocycles. The van der Waals surface area contributed by atoms with Crippen LogP contribution in [0.15, 0.2) is 29.3 Å². The minimum atomic E-state index is -0.196. The summed E-state index contributed by atoms with van der Waals surface area (Å²) < 4.78 is 12.7. The van der Waals surface area contributed by atoms with Crippen molar-refractivity contribution in [2.75, 3.05) is 12.3 Å². The van der Waals surface area contributed by atoms with Gasteiger partial charge < -0.3 is 5.32 Å². The lowest BCUT2D eigenvalue weighted by molar-refractivity contribution is 0.624. The Morgan fingerprint density at radius 3 is 2.73 bits per heavy atom. The lowest BCUT2D eigenvalue weighted by atomic mass is 10.1. The van der Waals surface area contributed by atoms with E-state index in [-0.39, 0.29) is 11.9 Å². The van der Waals surface area contributed by atoms with Crippen molar-refractivity contribution in [2.24, 2.45) is 4.99 Å². The van der Waals surface area contributed by atoms with Crippen LogP contribution in [0, 0.1) is 5.82 Å². The number of hydrogen-bond acceptors (Lipinski definition) is 3. The van der Waals surface area contributed by atoms with E-state index in [9.17, 15) is 4.39 Å². The van der Waals surface area contributed by atoms with Gasteiger partial charge in [-0.3, -0.25) is 4.99 Å². The number of halogens is 1. The van der Waals surface area contributed by atoms with Gasteiger partial charge in [0.2, 0.25) is 0 Å². The fraction of sp³-hybridized carbons (Fsp3) is 0.364. The molecule has 0 bridgehead atoms. The zero-order valence-corrected chi connectivity index (χ0v) is 9.35. The van der Waals surface area contributed by atoms with Gasteiger partial charge in [-0.15, -0.1) is 0 Å². The van der Waals surface area contributed by atoms with Gasteiger partial charge in [0.15, 0.2) is 5.17 Å². The van der Waals surface area contributed by atoms with Crippen molar-refractivity contribution in [1.82, 2.24) is 5.32 Å². The lowest BCUT2D eigenvalue weighted by Gasteiger charge is -2.14. The molecule has 1 N–H and O–H groups in total. The first kappa shape index (κ1) is 10.5. The first-order chi connectivity index (χ1) is 7.25. The zero-order valence-electron chi connectivity index (χ0n) is 8.53. The third-order valence-corrected chi connectivity index (χ3v) is 3.20. The minimum absolute atomic E-state index is 0.176. The minimum Gasteiger partial charge on any atom is -0.358 e. The summed E-state index contributed by atoms with van der Waals surface area (Å²) in [6.07, 6.45) is 0. The van der Waals surface area contributed by atoms with Gasteiger partial charge in [0.05, 0.1) is 12.6 Å². The molecule has 1 aliphatic heterocycles. The summed E-state index contributed by atoms with van der Waals surface area (Å²) in [7, 11) is 0. The molecule has 1 unspecified atom stereocenters. The van der Waals surface area contributed by atoms with E-state index >= 15 is 0 Å². The molecule has 0 aromatic heterocycles. The van der Waals surface area contributed by atoms with E-state index < -0.39 is 0 Å². The molecule has 0 amide bonds. The van der Waals surface area contributed by atoms with Crippen LogP contribution < -0.4 is 5.32 Å². The molecule has 1 aromatic rings. The van der Waals surface area contributed by atoms with Crippen LogP contribution in [0.4, 0.5) is 4.39 Å². The number of nitrogens with zero attached hydrogens (tertiary/aromatic N) is 1. The summed E-state index contributed by atoms with van der Waals surface area (Å²) in [5.41, 5.74) is 1.08. The van der Waals surface area contributed by atoms with E-state index in [4.69, 9.17) is 0 Å². The maximum atomic E-state index is 12.7. The highest BCUT2D eigenvalue weighted by Crippen LogP contribution is 2.17. The Morgan fingerprint density at radius 1 is 1.40 bits per heavy atom.